The Morgan fingerprint density at radius 1 is 1.53 bits per heavy atom. The van der Waals surface area contributed by atoms with E-state index in [1.165, 1.54) is 18.9 Å². The van der Waals surface area contributed by atoms with Gasteiger partial charge in [-0.2, -0.15) is 0 Å². The lowest BCUT2D eigenvalue weighted by molar-refractivity contribution is -0.384. The highest BCUT2D eigenvalue weighted by atomic mass is 35.5. The van der Waals surface area contributed by atoms with E-state index in [1.54, 1.807) is 12.1 Å². The van der Waals surface area contributed by atoms with Crippen LogP contribution in [0.25, 0.3) is 0 Å². The van der Waals surface area contributed by atoms with Crippen LogP contribution in [0.15, 0.2) is 18.2 Å². The summed E-state index contributed by atoms with van der Waals surface area (Å²) in [5.41, 5.74) is 0.924. The Balaban J connectivity index is 2.07. The zero-order chi connectivity index (χ0) is 12.4. The lowest BCUT2D eigenvalue weighted by Crippen LogP contribution is -2.20. The molecule has 5 heteroatoms. The minimum atomic E-state index is -0.388. The van der Waals surface area contributed by atoms with Crippen LogP contribution in [0.5, 0.6) is 0 Å². The Hall–Kier alpha value is -1.13. The second kappa shape index (κ2) is 5.02. The minimum absolute atomic E-state index is 0.101. The van der Waals surface area contributed by atoms with Crippen molar-refractivity contribution in [2.24, 2.45) is 5.92 Å². The van der Waals surface area contributed by atoms with Gasteiger partial charge in [0.15, 0.2) is 0 Å². The van der Waals surface area contributed by atoms with Crippen molar-refractivity contribution in [3.05, 3.63) is 38.9 Å². The Bertz CT molecular complexity index is 433. The van der Waals surface area contributed by atoms with Crippen LogP contribution >= 0.6 is 11.6 Å². The van der Waals surface area contributed by atoms with Crippen LogP contribution in [0.1, 0.15) is 18.4 Å². The summed E-state index contributed by atoms with van der Waals surface area (Å²) in [5.74, 6) is 0.803. The number of nitrogens with zero attached hydrogens (tertiary/aromatic N) is 2. The van der Waals surface area contributed by atoms with E-state index in [4.69, 9.17) is 11.6 Å². The quantitative estimate of drug-likeness (QED) is 0.599. The van der Waals surface area contributed by atoms with Gasteiger partial charge in [0.05, 0.1) is 4.92 Å². The van der Waals surface area contributed by atoms with Crippen molar-refractivity contribution >= 4 is 17.3 Å². The first-order valence-electron chi connectivity index (χ1n) is 5.67. The van der Waals surface area contributed by atoms with Crippen LogP contribution < -0.4 is 0 Å². The molecule has 0 bridgehead atoms. The molecular formula is C12H15ClN2O2. The summed E-state index contributed by atoms with van der Waals surface area (Å²) in [4.78, 5) is 12.5. The van der Waals surface area contributed by atoms with Crippen molar-refractivity contribution in [1.82, 2.24) is 4.90 Å². The van der Waals surface area contributed by atoms with Crippen molar-refractivity contribution < 1.29 is 4.92 Å². The summed E-state index contributed by atoms with van der Waals surface area (Å²) < 4.78 is 0. The molecule has 0 amide bonds. The van der Waals surface area contributed by atoms with Gasteiger partial charge in [-0.3, -0.25) is 10.1 Å². The van der Waals surface area contributed by atoms with Crippen LogP contribution in [0.4, 0.5) is 5.69 Å². The van der Waals surface area contributed by atoms with Crippen molar-refractivity contribution in [3.8, 4) is 0 Å². The van der Waals surface area contributed by atoms with Gasteiger partial charge in [0.2, 0.25) is 0 Å². The zero-order valence-corrected chi connectivity index (χ0v) is 10.5. The number of nitro groups is 1. The SMILES string of the molecule is CN(Cc1cc([N+](=O)[O-])ccc1Cl)CC1CC1. The lowest BCUT2D eigenvalue weighted by Gasteiger charge is -2.16. The van der Waals surface area contributed by atoms with E-state index in [1.807, 2.05) is 7.05 Å². The zero-order valence-electron chi connectivity index (χ0n) is 9.73. The molecule has 2 rings (SSSR count). The van der Waals surface area contributed by atoms with Crippen molar-refractivity contribution in [3.63, 3.8) is 0 Å². The molecule has 17 heavy (non-hydrogen) atoms. The number of benzene rings is 1. The largest absolute Gasteiger partial charge is 0.302 e. The molecule has 1 saturated carbocycles. The number of hydrogen-bond acceptors (Lipinski definition) is 3. The predicted molar refractivity (Wildman–Crippen MR) is 67.2 cm³/mol. The van der Waals surface area contributed by atoms with Gasteiger partial charge in [-0.25, -0.2) is 0 Å². The average molecular weight is 255 g/mol. The van der Waals surface area contributed by atoms with Crippen molar-refractivity contribution in [2.75, 3.05) is 13.6 Å². The first kappa shape index (κ1) is 12.3. The van der Waals surface area contributed by atoms with Crippen LogP contribution in [0.3, 0.4) is 0 Å². The van der Waals surface area contributed by atoms with Gasteiger partial charge in [0, 0.05) is 30.2 Å². The topological polar surface area (TPSA) is 46.4 Å². The van der Waals surface area contributed by atoms with Crippen LogP contribution in [0, 0.1) is 16.0 Å². The Morgan fingerprint density at radius 3 is 2.82 bits per heavy atom. The summed E-state index contributed by atoms with van der Waals surface area (Å²) in [5, 5.41) is 11.3. The molecule has 1 fully saturated rings. The number of nitro benzene ring substituents is 1. The number of non-ortho nitro benzene ring substituents is 1. The summed E-state index contributed by atoms with van der Waals surface area (Å²) >= 11 is 6.05. The molecule has 0 unspecified atom stereocenters. The molecule has 0 heterocycles. The van der Waals surface area contributed by atoms with E-state index in [9.17, 15) is 10.1 Å². The van der Waals surface area contributed by atoms with Gasteiger partial charge < -0.3 is 4.90 Å². The fourth-order valence-corrected chi connectivity index (χ4v) is 2.07. The van der Waals surface area contributed by atoms with E-state index in [-0.39, 0.29) is 10.6 Å². The lowest BCUT2D eigenvalue weighted by atomic mass is 10.2. The van der Waals surface area contributed by atoms with Crippen LogP contribution in [-0.2, 0) is 6.54 Å². The second-order valence-electron chi connectivity index (χ2n) is 4.67. The standard InChI is InChI=1S/C12H15ClN2O2/c1-14(7-9-2-3-9)8-10-6-11(15(16)17)4-5-12(10)13/h4-6,9H,2-3,7-8H2,1H3. The highest BCUT2D eigenvalue weighted by molar-refractivity contribution is 6.31. The van der Waals surface area contributed by atoms with Crippen molar-refractivity contribution in [2.45, 2.75) is 19.4 Å². The highest BCUT2D eigenvalue weighted by Gasteiger charge is 2.23. The maximum absolute atomic E-state index is 10.7. The molecule has 1 aromatic rings. The molecule has 92 valence electrons. The number of rotatable bonds is 5. The Morgan fingerprint density at radius 2 is 2.24 bits per heavy atom. The Kier molecular flexibility index (Phi) is 3.64. The first-order chi connectivity index (χ1) is 8.06. The van der Waals surface area contributed by atoms with E-state index in [0.717, 1.165) is 18.0 Å². The minimum Gasteiger partial charge on any atom is -0.302 e. The van der Waals surface area contributed by atoms with E-state index >= 15 is 0 Å². The van der Waals surface area contributed by atoms with Gasteiger partial charge in [-0.15, -0.1) is 0 Å². The monoisotopic (exact) mass is 254 g/mol. The van der Waals surface area contributed by atoms with E-state index in [0.29, 0.717) is 11.6 Å². The maximum atomic E-state index is 10.7. The molecular weight excluding hydrogens is 240 g/mol. The molecule has 0 aliphatic heterocycles. The van der Waals surface area contributed by atoms with Gasteiger partial charge in [0.25, 0.3) is 5.69 Å². The molecule has 0 aromatic heterocycles. The van der Waals surface area contributed by atoms with Gasteiger partial charge >= 0.3 is 0 Å². The van der Waals surface area contributed by atoms with Gasteiger partial charge in [0.1, 0.15) is 0 Å². The summed E-state index contributed by atoms with van der Waals surface area (Å²) in [6.07, 6.45) is 2.60. The molecule has 1 aromatic carbocycles. The van der Waals surface area contributed by atoms with Crippen LogP contribution in [-0.4, -0.2) is 23.4 Å². The second-order valence-corrected chi connectivity index (χ2v) is 5.08. The maximum Gasteiger partial charge on any atom is 0.269 e. The molecule has 4 nitrogen and oxygen atoms in total. The fraction of sp³-hybridized carbons (Fsp3) is 0.500. The fourth-order valence-electron chi connectivity index (χ4n) is 1.89. The third-order valence-electron chi connectivity index (χ3n) is 2.95. The van der Waals surface area contributed by atoms with Gasteiger partial charge in [-0.1, -0.05) is 11.6 Å². The molecule has 0 spiro atoms. The Labute approximate surface area is 105 Å². The third kappa shape index (κ3) is 3.41. The van der Waals surface area contributed by atoms with Crippen molar-refractivity contribution in [1.29, 1.82) is 0 Å². The molecule has 0 N–H and O–H groups in total. The first-order valence-corrected chi connectivity index (χ1v) is 6.05. The summed E-state index contributed by atoms with van der Waals surface area (Å²) in [7, 11) is 2.02. The summed E-state index contributed by atoms with van der Waals surface area (Å²) in [6.45, 7) is 1.70. The third-order valence-corrected chi connectivity index (χ3v) is 3.32. The number of halogens is 1. The van der Waals surface area contributed by atoms with E-state index in [2.05, 4.69) is 4.90 Å². The average Bonchev–Trinajstić information content (AvgIpc) is 3.04. The normalized spacial score (nSPS) is 15.2. The van der Waals surface area contributed by atoms with Crippen LogP contribution in [0.2, 0.25) is 5.02 Å². The van der Waals surface area contributed by atoms with Gasteiger partial charge in [-0.05, 0) is 37.4 Å². The van der Waals surface area contributed by atoms with E-state index < -0.39 is 0 Å². The number of hydrogen-bond donors (Lipinski definition) is 0. The highest BCUT2D eigenvalue weighted by Crippen LogP contribution is 2.30. The molecule has 0 saturated heterocycles. The molecule has 0 radical (unpaired) electrons. The molecule has 1 aliphatic rings. The smallest absolute Gasteiger partial charge is 0.269 e. The predicted octanol–water partition coefficient (Wildman–Crippen LogP) is 3.09. The molecule has 1 aliphatic carbocycles. The molecule has 0 atom stereocenters. The summed E-state index contributed by atoms with van der Waals surface area (Å²) in [6, 6.07) is 4.60.